The summed E-state index contributed by atoms with van der Waals surface area (Å²) in [6, 6.07) is 29.1. The van der Waals surface area contributed by atoms with Crippen LogP contribution >= 0.6 is 0 Å². The first-order chi connectivity index (χ1) is 19.9. The van der Waals surface area contributed by atoms with E-state index in [0.717, 1.165) is 19.3 Å². The number of unbranched alkanes of at least 4 members (excludes halogenated alkanes) is 1. The number of non-ortho nitro benzene ring substituents is 1. The van der Waals surface area contributed by atoms with Crippen LogP contribution in [0.1, 0.15) is 35.7 Å². The maximum atomic E-state index is 13.3. The number of hydrogen-bond acceptors (Lipinski definition) is 5. The van der Waals surface area contributed by atoms with Crippen LogP contribution in [0, 0.1) is 10.1 Å². The minimum Gasteiger partial charge on any atom is -0.457 e. The Labute approximate surface area is 238 Å². The fourth-order valence-corrected chi connectivity index (χ4v) is 4.11. The number of ether oxygens (including phenoxy) is 1. The van der Waals surface area contributed by atoms with Gasteiger partial charge < -0.3 is 15.4 Å². The van der Waals surface area contributed by atoms with Crippen LogP contribution in [-0.2, 0) is 6.42 Å². The molecular formula is C32H32N4O5. The van der Waals surface area contributed by atoms with Gasteiger partial charge in [-0.05, 0) is 79.1 Å². The van der Waals surface area contributed by atoms with Crippen molar-refractivity contribution in [1.29, 1.82) is 0 Å². The van der Waals surface area contributed by atoms with Crippen molar-refractivity contribution < 1.29 is 19.2 Å². The Morgan fingerprint density at radius 1 is 0.854 bits per heavy atom. The zero-order valence-corrected chi connectivity index (χ0v) is 22.8. The van der Waals surface area contributed by atoms with Gasteiger partial charge in [0.25, 0.3) is 11.6 Å². The molecule has 4 rings (SSSR count). The van der Waals surface area contributed by atoms with Gasteiger partial charge >= 0.3 is 6.03 Å². The van der Waals surface area contributed by atoms with Crippen molar-refractivity contribution in [2.45, 2.75) is 26.2 Å². The molecule has 0 bridgehead atoms. The summed E-state index contributed by atoms with van der Waals surface area (Å²) in [5, 5.41) is 16.6. The van der Waals surface area contributed by atoms with E-state index in [2.05, 4.69) is 17.6 Å². The van der Waals surface area contributed by atoms with Crippen molar-refractivity contribution in [3.8, 4) is 11.5 Å². The molecule has 0 spiro atoms. The number of urea groups is 1. The highest BCUT2D eigenvalue weighted by molar-refractivity contribution is 6.02. The van der Waals surface area contributed by atoms with Crippen LogP contribution in [-0.4, -0.2) is 30.0 Å². The van der Waals surface area contributed by atoms with Gasteiger partial charge in [0.05, 0.1) is 4.92 Å². The molecule has 0 aliphatic heterocycles. The molecule has 4 aromatic rings. The molecule has 0 aromatic heterocycles. The largest absolute Gasteiger partial charge is 0.457 e. The van der Waals surface area contributed by atoms with Gasteiger partial charge in [0.2, 0.25) is 0 Å². The average molecular weight is 553 g/mol. The molecule has 0 aliphatic rings. The predicted octanol–water partition coefficient (Wildman–Crippen LogP) is 7.20. The van der Waals surface area contributed by atoms with Crippen LogP contribution in [0.3, 0.4) is 0 Å². The van der Waals surface area contributed by atoms with E-state index in [0.29, 0.717) is 28.4 Å². The quantitative estimate of drug-likeness (QED) is 0.143. The number of hydrogen-bond donors (Lipinski definition) is 2. The summed E-state index contributed by atoms with van der Waals surface area (Å²) in [6.07, 6.45) is 3.19. The van der Waals surface area contributed by atoms with E-state index in [9.17, 15) is 19.7 Å². The van der Waals surface area contributed by atoms with Gasteiger partial charge in [-0.25, -0.2) is 4.79 Å². The standard InChI is InChI=1S/C32H32N4O5/c1-2-3-7-24-10-12-25(13-11-24)31(37)33-22-23-35(32(38)34-26-14-16-28(17-15-26)36(39)40)27-18-20-30(21-19-27)41-29-8-5-4-6-9-29/h4-6,8-21H,2-3,7,22-23H2,1H3,(H,33,37)(H,34,38). The average Bonchev–Trinajstić information content (AvgIpc) is 2.99. The predicted molar refractivity (Wildman–Crippen MR) is 160 cm³/mol. The Morgan fingerprint density at radius 2 is 1.51 bits per heavy atom. The summed E-state index contributed by atoms with van der Waals surface area (Å²) in [5.74, 6) is 1.06. The van der Waals surface area contributed by atoms with Gasteiger partial charge in [-0.3, -0.25) is 19.8 Å². The zero-order valence-electron chi connectivity index (χ0n) is 22.8. The molecular weight excluding hydrogens is 520 g/mol. The number of aryl methyl sites for hydroxylation is 1. The zero-order chi connectivity index (χ0) is 29.0. The van der Waals surface area contributed by atoms with E-state index in [1.807, 2.05) is 54.6 Å². The smallest absolute Gasteiger partial charge is 0.326 e. The second kappa shape index (κ2) is 14.3. The number of nitro groups is 1. The fourth-order valence-electron chi connectivity index (χ4n) is 4.11. The Balaban J connectivity index is 1.44. The molecule has 4 aromatic carbocycles. The monoisotopic (exact) mass is 552 g/mol. The van der Waals surface area contributed by atoms with Crippen LogP contribution in [0.4, 0.5) is 21.9 Å². The van der Waals surface area contributed by atoms with E-state index in [4.69, 9.17) is 4.74 Å². The first-order valence-electron chi connectivity index (χ1n) is 13.5. The molecule has 9 heteroatoms. The minimum atomic E-state index is -0.502. The Kier molecular flexibility index (Phi) is 10.0. The number of carbonyl (C=O) groups is 2. The van der Waals surface area contributed by atoms with E-state index < -0.39 is 11.0 Å². The number of amides is 3. The first-order valence-corrected chi connectivity index (χ1v) is 13.5. The number of carbonyl (C=O) groups excluding carboxylic acids is 2. The molecule has 41 heavy (non-hydrogen) atoms. The highest BCUT2D eigenvalue weighted by Gasteiger charge is 2.18. The number of para-hydroxylation sites is 1. The van der Waals surface area contributed by atoms with Crippen molar-refractivity contribution in [2.75, 3.05) is 23.3 Å². The molecule has 210 valence electrons. The molecule has 3 amide bonds. The van der Waals surface area contributed by atoms with Crippen molar-refractivity contribution in [3.05, 3.63) is 124 Å². The third kappa shape index (κ3) is 8.40. The SMILES string of the molecule is CCCCc1ccc(C(=O)NCCN(C(=O)Nc2ccc([N+](=O)[O-])cc2)c2ccc(Oc3ccccc3)cc2)cc1. The van der Waals surface area contributed by atoms with Gasteiger partial charge in [-0.1, -0.05) is 43.7 Å². The number of benzene rings is 4. The molecule has 0 aliphatic carbocycles. The number of rotatable bonds is 12. The van der Waals surface area contributed by atoms with Crippen LogP contribution in [0.5, 0.6) is 11.5 Å². The second-order valence-corrected chi connectivity index (χ2v) is 9.35. The van der Waals surface area contributed by atoms with Crippen molar-refractivity contribution >= 4 is 29.0 Å². The summed E-state index contributed by atoms with van der Waals surface area (Å²) in [6.45, 7) is 2.52. The minimum absolute atomic E-state index is 0.0741. The summed E-state index contributed by atoms with van der Waals surface area (Å²) in [7, 11) is 0. The summed E-state index contributed by atoms with van der Waals surface area (Å²) >= 11 is 0. The number of nitrogens with zero attached hydrogens (tertiary/aromatic N) is 2. The van der Waals surface area contributed by atoms with Crippen LogP contribution in [0.25, 0.3) is 0 Å². The summed E-state index contributed by atoms with van der Waals surface area (Å²) in [4.78, 5) is 38.0. The van der Waals surface area contributed by atoms with Crippen molar-refractivity contribution in [1.82, 2.24) is 5.32 Å². The molecule has 0 radical (unpaired) electrons. The highest BCUT2D eigenvalue weighted by Crippen LogP contribution is 2.25. The number of nitro benzene ring substituents is 1. The van der Waals surface area contributed by atoms with Gasteiger partial charge in [-0.2, -0.15) is 0 Å². The van der Waals surface area contributed by atoms with E-state index in [1.165, 1.54) is 34.7 Å². The number of anilines is 2. The molecule has 0 fully saturated rings. The Hall–Kier alpha value is -5.18. The van der Waals surface area contributed by atoms with Crippen molar-refractivity contribution in [3.63, 3.8) is 0 Å². The molecule has 0 saturated heterocycles. The summed E-state index contributed by atoms with van der Waals surface area (Å²) < 4.78 is 5.86. The highest BCUT2D eigenvalue weighted by atomic mass is 16.6. The first kappa shape index (κ1) is 28.8. The lowest BCUT2D eigenvalue weighted by Gasteiger charge is -2.24. The molecule has 0 atom stereocenters. The van der Waals surface area contributed by atoms with E-state index in [-0.39, 0.29) is 24.7 Å². The van der Waals surface area contributed by atoms with Gasteiger partial charge in [0.1, 0.15) is 11.5 Å². The van der Waals surface area contributed by atoms with Gasteiger partial charge in [0.15, 0.2) is 0 Å². The fraction of sp³-hybridized carbons (Fsp3) is 0.188. The van der Waals surface area contributed by atoms with Crippen LogP contribution in [0.2, 0.25) is 0 Å². The third-order valence-corrected chi connectivity index (χ3v) is 6.36. The topological polar surface area (TPSA) is 114 Å². The van der Waals surface area contributed by atoms with E-state index in [1.54, 1.807) is 24.3 Å². The molecule has 9 nitrogen and oxygen atoms in total. The Morgan fingerprint density at radius 3 is 2.15 bits per heavy atom. The molecule has 0 saturated carbocycles. The number of nitrogens with one attached hydrogen (secondary N) is 2. The lowest BCUT2D eigenvalue weighted by molar-refractivity contribution is -0.384. The maximum Gasteiger partial charge on any atom is 0.326 e. The van der Waals surface area contributed by atoms with Crippen LogP contribution in [0.15, 0.2) is 103 Å². The lowest BCUT2D eigenvalue weighted by Crippen LogP contribution is -2.41. The van der Waals surface area contributed by atoms with Gasteiger partial charge in [-0.15, -0.1) is 0 Å². The maximum absolute atomic E-state index is 13.3. The molecule has 0 unspecified atom stereocenters. The summed E-state index contributed by atoms with van der Waals surface area (Å²) in [5.41, 5.74) is 2.66. The Bertz CT molecular complexity index is 1440. The second-order valence-electron chi connectivity index (χ2n) is 9.35. The molecule has 0 heterocycles. The normalized spacial score (nSPS) is 10.5. The van der Waals surface area contributed by atoms with Gasteiger partial charge in [0, 0.05) is 42.2 Å². The lowest BCUT2D eigenvalue weighted by atomic mass is 10.1. The van der Waals surface area contributed by atoms with E-state index >= 15 is 0 Å². The molecule has 2 N–H and O–H groups in total. The van der Waals surface area contributed by atoms with Crippen LogP contribution < -0.4 is 20.3 Å². The third-order valence-electron chi connectivity index (χ3n) is 6.36. The van der Waals surface area contributed by atoms with Crippen molar-refractivity contribution in [2.24, 2.45) is 0 Å².